The molecule has 6 nitrogen and oxygen atoms in total. The van der Waals surface area contributed by atoms with Crippen molar-refractivity contribution >= 4 is 34.6 Å². The van der Waals surface area contributed by atoms with Crippen LogP contribution in [0.1, 0.15) is 0 Å². The van der Waals surface area contributed by atoms with Crippen LogP contribution in [0.2, 0.25) is 5.02 Å². The maximum Gasteiger partial charge on any atom is 0.276 e. The van der Waals surface area contributed by atoms with Crippen LogP contribution in [0.4, 0.5) is 31.8 Å². The Hall–Kier alpha value is -2.48. The fourth-order valence-corrected chi connectivity index (χ4v) is 1.85. The van der Waals surface area contributed by atoms with Gasteiger partial charge in [-0.15, -0.1) is 0 Å². The van der Waals surface area contributed by atoms with Crippen molar-refractivity contribution in [3.63, 3.8) is 0 Å². The molecule has 1 aromatic carbocycles. The van der Waals surface area contributed by atoms with Gasteiger partial charge in [-0.25, -0.2) is 13.8 Å². The Balaban J connectivity index is 2.44. The summed E-state index contributed by atoms with van der Waals surface area (Å²) < 4.78 is 26.6. The van der Waals surface area contributed by atoms with Gasteiger partial charge < -0.3 is 10.6 Å². The van der Waals surface area contributed by atoms with E-state index in [1.807, 2.05) is 0 Å². The van der Waals surface area contributed by atoms with Crippen molar-refractivity contribution in [3.05, 3.63) is 51.0 Å². The predicted octanol–water partition coefficient (Wildman–Crippen LogP) is 3.71. The van der Waals surface area contributed by atoms with Crippen LogP contribution in [0.25, 0.3) is 0 Å². The van der Waals surface area contributed by atoms with E-state index in [4.69, 9.17) is 11.6 Å². The summed E-state index contributed by atoms with van der Waals surface area (Å²) in [5, 5.41) is 15.8. The van der Waals surface area contributed by atoms with E-state index in [9.17, 15) is 18.9 Å². The number of aromatic nitrogens is 1. The minimum absolute atomic E-state index is 0.000887. The first-order chi connectivity index (χ1) is 9.90. The number of anilines is 3. The van der Waals surface area contributed by atoms with Gasteiger partial charge in [0.15, 0.2) is 5.82 Å². The molecule has 0 aliphatic heterocycles. The van der Waals surface area contributed by atoms with Crippen LogP contribution in [0.3, 0.4) is 0 Å². The SMILES string of the molecule is CNc1cc([N+](=O)[O-])cc(Nc2c(F)cc(F)cc2Cl)n1. The van der Waals surface area contributed by atoms with E-state index in [0.717, 1.165) is 12.1 Å². The molecule has 0 amide bonds. The topological polar surface area (TPSA) is 80.1 Å². The molecule has 1 heterocycles. The van der Waals surface area contributed by atoms with Crippen LogP contribution >= 0.6 is 11.6 Å². The zero-order chi connectivity index (χ0) is 15.6. The Morgan fingerprint density at radius 2 is 1.90 bits per heavy atom. The molecule has 0 spiro atoms. The third-order valence-corrected chi connectivity index (χ3v) is 2.84. The number of halogens is 3. The first-order valence-electron chi connectivity index (χ1n) is 5.66. The van der Waals surface area contributed by atoms with Gasteiger partial charge in [0.2, 0.25) is 0 Å². The Morgan fingerprint density at radius 3 is 2.48 bits per heavy atom. The van der Waals surface area contributed by atoms with Crippen molar-refractivity contribution in [3.8, 4) is 0 Å². The highest BCUT2D eigenvalue weighted by Crippen LogP contribution is 2.30. The summed E-state index contributed by atoms with van der Waals surface area (Å²) in [6.07, 6.45) is 0. The van der Waals surface area contributed by atoms with Crippen LogP contribution in [-0.4, -0.2) is 17.0 Å². The van der Waals surface area contributed by atoms with E-state index < -0.39 is 16.6 Å². The molecule has 0 saturated heterocycles. The molecule has 0 fully saturated rings. The Bertz CT molecular complexity index is 689. The van der Waals surface area contributed by atoms with Crippen molar-refractivity contribution in [1.29, 1.82) is 0 Å². The van der Waals surface area contributed by atoms with Crippen molar-refractivity contribution in [2.24, 2.45) is 0 Å². The highest BCUT2D eigenvalue weighted by Gasteiger charge is 2.14. The summed E-state index contributed by atoms with van der Waals surface area (Å²) in [5.74, 6) is -1.54. The fourth-order valence-electron chi connectivity index (χ4n) is 1.60. The summed E-state index contributed by atoms with van der Waals surface area (Å²) in [5.41, 5.74) is -0.455. The van der Waals surface area contributed by atoms with Gasteiger partial charge >= 0.3 is 0 Å². The molecule has 2 N–H and O–H groups in total. The minimum Gasteiger partial charge on any atom is -0.373 e. The van der Waals surface area contributed by atoms with Crippen LogP contribution in [0.5, 0.6) is 0 Å². The number of hydrogen-bond donors (Lipinski definition) is 2. The zero-order valence-corrected chi connectivity index (χ0v) is 11.4. The Morgan fingerprint density at radius 1 is 1.24 bits per heavy atom. The molecule has 0 saturated carbocycles. The zero-order valence-electron chi connectivity index (χ0n) is 10.7. The second kappa shape index (κ2) is 5.88. The Kier molecular flexibility index (Phi) is 4.18. The van der Waals surface area contributed by atoms with Gasteiger partial charge in [0.25, 0.3) is 5.69 Å². The van der Waals surface area contributed by atoms with Gasteiger partial charge in [0, 0.05) is 13.1 Å². The average molecular weight is 315 g/mol. The van der Waals surface area contributed by atoms with Crippen molar-refractivity contribution in [2.75, 3.05) is 17.7 Å². The second-order valence-corrected chi connectivity index (χ2v) is 4.38. The van der Waals surface area contributed by atoms with Gasteiger partial charge in [-0.2, -0.15) is 0 Å². The summed E-state index contributed by atoms with van der Waals surface area (Å²) in [6.45, 7) is 0. The third-order valence-electron chi connectivity index (χ3n) is 2.54. The van der Waals surface area contributed by atoms with E-state index in [1.165, 1.54) is 13.1 Å². The van der Waals surface area contributed by atoms with E-state index in [1.54, 1.807) is 0 Å². The van der Waals surface area contributed by atoms with E-state index in [-0.39, 0.29) is 28.0 Å². The minimum atomic E-state index is -0.931. The molecule has 21 heavy (non-hydrogen) atoms. The van der Waals surface area contributed by atoms with Gasteiger partial charge in [-0.1, -0.05) is 11.6 Å². The molecule has 2 rings (SSSR count). The number of rotatable bonds is 4. The van der Waals surface area contributed by atoms with Crippen LogP contribution < -0.4 is 10.6 Å². The van der Waals surface area contributed by atoms with Crippen molar-refractivity contribution in [2.45, 2.75) is 0 Å². The first-order valence-corrected chi connectivity index (χ1v) is 6.04. The standard InChI is InChI=1S/C12H9ClF2N4O2/c1-16-10-4-7(19(20)21)5-11(17-10)18-12-8(13)2-6(14)3-9(12)15/h2-5H,1H3,(H2,16,17,18). The number of nitrogens with one attached hydrogen (secondary N) is 2. The number of pyridine rings is 1. The smallest absolute Gasteiger partial charge is 0.276 e. The maximum atomic E-state index is 13.7. The molecular formula is C12H9ClF2N4O2. The monoisotopic (exact) mass is 314 g/mol. The molecule has 0 atom stereocenters. The number of nitro groups is 1. The second-order valence-electron chi connectivity index (χ2n) is 3.97. The van der Waals surface area contributed by atoms with Gasteiger partial charge in [-0.05, 0) is 6.07 Å². The molecule has 2 aromatic rings. The first kappa shape index (κ1) is 14.9. The lowest BCUT2D eigenvalue weighted by Crippen LogP contribution is -2.02. The van der Waals surface area contributed by atoms with E-state index in [0.29, 0.717) is 6.07 Å². The lowest BCUT2D eigenvalue weighted by atomic mass is 10.3. The lowest BCUT2D eigenvalue weighted by molar-refractivity contribution is -0.384. The lowest BCUT2D eigenvalue weighted by Gasteiger charge is -2.10. The molecule has 9 heteroatoms. The molecular weight excluding hydrogens is 306 g/mol. The van der Waals surface area contributed by atoms with E-state index >= 15 is 0 Å². The Labute approximate surface area is 122 Å². The average Bonchev–Trinajstić information content (AvgIpc) is 2.42. The van der Waals surface area contributed by atoms with Crippen LogP contribution in [0.15, 0.2) is 24.3 Å². The number of nitrogens with zero attached hydrogens (tertiary/aromatic N) is 2. The molecule has 0 bridgehead atoms. The summed E-state index contributed by atoms with van der Waals surface area (Å²) in [7, 11) is 1.53. The van der Waals surface area contributed by atoms with Crippen LogP contribution in [0, 0.1) is 21.7 Å². The van der Waals surface area contributed by atoms with E-state index in [2.05, 4.69) is 15.6 Å². The molecule has 0 unspecified atom stereocenters. The highest BCUT2D eigenvalue weighted by molar-refractivity contribution is 6.33. The largest absolute Gasteiger partial charge is 0.373 e. The van der Waals surface area contributed by atoms with Crippen molar-refractivity contribution < 1.29 is 13.7 Å². The summed E-state index contributed by atoms with van der Waals surface area (Å²) in [4.78, 5) is 14.2. The molecule has 1 aromatic heterocycles. The molecule has 110 valence electrons. The van der Waals surface area contributed by atoms with Gasteiger partial charge in [0.1, 0.15) is 17.5 Å². The summed E-state index contributed by atoms with van der Waals surface area (Å²) in [6, 6.07) is 3.89. The molecule has 0 aliphatic carbocycles. The third kappa shape index (κ3) is 3.34. The summed E-state index contributed by atoms with van der Waals surface area (Å²) >= 11 is 5.74. The number of benzene rings is 1. The molecule has 0 radical (unpaired) electrons. The maximum absolute atomic E-state index is 13.7. The van der Waals surface area contributed by atoms with Gasteiger partial charge in [0.05, 0.1) is 27.8 Å². The van der Waals surface area contributed by atoms with Crippen molar-refractivity contribution in [1.82, 2.24) is 4.98 Å². The fraction of sp³-hybridized carbons (Fsp3) is 0.0833. The van der Waals surface area contributed by atoms with Crippen LogP contribution in [-0.2, 0) is 0 Å². The quantitative estimate of drug-likeness (QED) is 0.664. The predicted molar refractivity (Wildman–Crippen MR) is 75.1 cm³/mol. The number of hydrogen-bond acceptors (Lipinski definition) is 5. The normalized spacial score (nSPS) is 10.3. The van der Waals surface area contributed by atoms with Gasteiger partial charge in [-0.3, -0.25) is 10.1 Å². The molecule has 0 aliphatic rings. The highest BCUT2D eigenvalue weighted by atomic mass is 35.5.